The van der Waals surface area contributed by atoms with Gasteiger partial charge in [0.15, 0.2) is 0 Å². The van der Waals surface area contributed by atoms with Crippen molar-refractivity contribution < 1.29 is 0 Å². The lowest BCUT2D eigenvalue weighted by molar-refractivity contribution is 0.726. The van der Waals surface area contributed by atoms with Crippen LogP contribution in [0.15, 0.2) is 24.8 Å². The molecule has 0 radical (unpaired) electrons. The summed E-state index contributed by atoms with van der Waals surface area (Å²) in [5.74, 6) is 1.10. The van der Waals surface area contributed by atoms with Crippen LogP contribution in [0.25, 0.3) is 10.2 Å². The van der Waals surface area contributed by atoms with Gasteiger partial charge >= 0.3 is 0 Å². The third-order valence-electron chi connectivity index (χ3n) is 2.75. The minimum Gasteiger partial charge on any atom is -0.368 e. The molecular formula is C12H14N6S. The van der Waals surface area contributed by atoms with E-state index < -0.39 is 0 Å². The highest BCUT2D eigenvalue weighted by molar-refractivity contribution is 7.18. The number of nitrogen functional groups attached to an aromatic ring is 1. The predicted octanol–water partition coefficient (Wildman–Crippen LogP) is 1.89. The molecule has 0 fully saturated rings. The molecule has 0 aromatic carbocycles. The highest BCUT2D eigenvalue weighted by atomic mass is 32.1. The van der Waals surface area contributed by atoms with E-state index in [9.17, 15) is 0 Å². The number of nitrogens with two attached hydrogens (primary N) is 1. The number of imidazole rings is 1. The summed E-state index contributed by atoms with van der Waals surface area (Å²) in [7, 11) is 0. The minimum absolute atomic E-state index is 0.305. The molecule has 3 rings (SSSR count). The Kier molecular flexibility index (Phi) is 3.04. The maximum Gasteiger partial charge on any atom is 0.223 e. The van der Waals surface area contributed by atoms with Gasteiger partial charge in [0.1, 0.15) is 10.6 Å². The number of aromatic nitrogens is 4. The lowest BCUT2D eigenvalue weighted by Gasteiger charge is -2.07. The summed E-state index contributed by atoms with van der Waals surface area (Å²) in [4.78, 5) is 14.6. The van der Waals surface area contributed by atoms with E-state index >= 15 is 0 Å². The summed E-state index contributed by atoms with van der Waals surface area (Å²) in [5.41, 5.74) is 5.73. The average Bonchev–Trinajstić information content (AvgIpc) is 2.97. The van der Waals surface area contributed by atoms with E-state index in [1.807, 2.05) is 10.8 Å². The van der Waals surface area contributed by atoms with Gasteiger partial charge in [-0.05, 0) is 13.0 Å². The van der Waals surface area contributed by atoms with Crippen LogP contribution in [0.4, 0.5) is 11.8 Å². The van der Waals surface area contributed by atoms with Crippen LogP contribution in [0.3, 0.4) is 0 Å². The van der Waals surface area contributed by atoms with Crippen LogP contribution in [0, 0.1) is 6.92 Å². The number of nitrogens with one attached hydrogen (secondary N) is 1. The fourth-order valence-electron chi connectivity index (χ4n) is 1.92. The third-order valence-corrected chi connectivity index (χ3v) is 3.70. The van der Waals surface area contributed by atoms with Crippen molar-refractivity contribution in [3.05, 3.63) is 29.7 Å². The maximum atomic E-state index is 5.73. The van der Waals surface area contributed by atoms with Crippen molar-refractivity contribution in [2.75, 3.05) is 17.6 Å². The van der Waals surface area contributed by atoms with Crippen LogP contribution in [-0.4, -0.2) is 26.1 Å². The molecule has 0 aliphatic heterocycles. The van der Waals surface area contributed by atoms with E-state index in [2.05, 4.69) is 33.3 Å². The van der Waals surface area contributed by atoms with E-state index in [0.717, 1.165) is 29.1 Å². The fraction of sp³-hybridized carbons (Fsp3) is 0.250. The van der Waals surface area contributed by atoms with Gasteiger partial charge in [-0.2, -0.15) is 4.98 Å². The summed E-state index contributed by atoms with van der Waals surface area (Å²) in [6.07, 6.45) is 5.49. The van der Waals surface area contributed by atoms with Gasteiger partial charge in [-0.15, -0.1) is 11.3 Å². The Morgan fingerprint density at radius 3 is 3.11 bits per heavy atom. The lowest BCUT2D eigenvalue weighted by Crippen LogP contribution is -2.11. The molecule has 19 heavy (non-hydrogen) atoms. The Balaban J connectivity index is 1.79. The molecule has 0 unspecified atom stereocenters. The highest BCUT2D eigenvalue weighted by Gasteiger charge is 2.08. The van der Waals surface area contributed by atoms with Crippen LogP contribution in [0.2, 0.25) is 0 Å². The SMILES string of the molecule is Cc1cc2c(NCCn3ccnc3)nc(N)nc2s1. The molecule has 98 valence electrons. The molecule has 0 amide bonds. The number of hydrogen-bond acceptors (Lipinski definition) is 6. The predicted molar refractivity (Wildman–Crippen MR) is 77.3 cm³/mol. The molecule has 0 saturated heterocycles. The molecule has 0 bridgehead atoms. The number of rotatable bonds is 4. The van der Waals surface area contributed by atoms with Crippen LogP contribution >= 0.6 is 11.3 Å². The summed E-state index contributed by atoms with van der Waals surface area (Å²) >= 11 is 1.63. The third kappa shape index (κ3) is 2.50. The van der Waals surface area contributed by atoms with Crippen molar-refractivity contribution in [3.63, 3.8) is 0 Å². The van der Waals surface area contributed by atoms with Crippen LogP contribution in [0.1, 0.15) is 4.88 Å². The lowest BCUT2D eigenvalue weighted by atomic mass is 10.3. The second kappa shape index (κ2) is 4.85. The summed E-state index contributed by atoms with van der Waals surface area (Å²) in [5, 5.41) is 4.34. The van der Waals surface area contributed by atoms with Crippen LogP contribution < -0.4 is 11.1 Å². The van der Waals surface area contributed by atoms with Gasteiger partial charge in [0, 0.05) is 30.4 Å². The molecule has 3 heterocycles. The second-order valence-corrected chi connectivity index (χ2v) is 5.47. The summed E-state index contributed by atoms with van der Waals surface area (Å²) in [6, 6.07) is 2.08. The van der Waals surface area contributed by atoms with Gasteiger partial charge in [-0.1, -0.05) is 0 Å². The molecule has 0 aliphatic carbocycles. The zero-order valence-electron chi connectivity index (χ0n) is 10.5. The number of nitrogens with zero attached hydrogens (tertiary/aromatic N) is 4. The molecule has 0 saturated carbocycles. The molecule has 0 atom stereocenters. The zero-order chi connectivity index (χ0) is 13.2. The first-order chi connectivity index (χ1) is 9.22. The van der Waals surface area contributed by atoms with Gasteiger partial charge in [-0.25, -0.2) is 9.97 Å². The zero-order valence-corrected chi connectivity index (χ0v) is 11.3. The first kappa shape index (κ1) is 11.9. The number of hydrogen-bond donors (Lipinski definition) is 2. The smallest absolute Gasteiger partial charge is 0.223 e. The number of thiophene rings is 1. The molecule has 0 aliphatic rings. The largest absolute Gasteiger partial charge is 0.368 e. The first-order valence-corrected chi connectivity index (χ1v) is 6.77. The fourth-order valence-corrected chi connectivity index (χ4v) is 2.80. The van der Waals surface area contributed by atoms with Gasteiger partial charge in [-0.3, -0.25) is 0 Å². The van der Waals surface area contributed by atoms with E-state index in [1.165, 1.54) is 4.88 Å². The Labute approximate surface area is 114 Å². The van der Waals surface area contributed by atoms with Crippen molar-refractivity contribution >= 4 is 33.3 Å². The van der Waals surface area contributed by atoms with Crippen molar-refractivity contribution in [2.45, 2.75) is 13.5 Å². The van der Waals surface area contributed by atoms with Crippen molar-refractivity contribution in [3.8, 4) is 0 Å². The molecular weight excluding hydrogens is 260 g/mol. The summed E-state index contributed by atoms with van der Waals surface area (Å²) in [6.45, 7) is 3.64. The van der Waals surface area contributed by atoms with Crippen molar-refractivity contribution in [2.24, 2.45) is 0 Å². The van der Waals surface area contributed by atoms with Gasteiger partial charge in [0.05, 0.1) is 11.7 Å². The molecule has 3 N–H and O–H groups in total. The van der Waals surface area contributed by atoms with Crippen LogP contribution in [-0.2, 0) is 6.54 Å². The Morgan fingerprint density at radius 2 is 2.32 bits per heavy atom. The molecule has 3 aromatic heterocycles. The number of aryl methyl sites for hydroxylation is 1. The molecule has 0 spiro atoms. The maximum absolute atomic E-state index is 5.73. The van der Waals surface area contributed by atoms with E-state index in [4.69, 9.17) is 5.73 Å². The van der Waals surface area contributed by atoms with E-state index in [-0.39, 0.29) is 0 Å². The minimum atomic E-state index is 0.305. The van der Waals surface area contributed by atoms with Crippen molar-refractivity contribution in [1.29, 1.82) is 0 Å². The number of fused-ring (bicyclic) bond motifs is 1. The Bertz CT molecular complexity index is 688. The van der Waals surface area contributed by atoms with E-state index in [0.29, 0.717) is 5.95 Å². The topological polar surface area (TPSA) is 81.7 Å². The number of anilines is 2. The van der Waals surface area contributed by atoms with Crippen LogP contribution in [0.5, 0.6) is 0 Å². The molecule has 7 heteroatoms. The van der Waals surface area contributed by atoms with E-state index in [1.54, 1.807) is 23.9 Å². The normalized spacial score (nSPS) is 11.0. The quantitative estimate of drug-likeness (QED) is 0.759. The van der Waals surface area contributed by atoms with Crippen molar-refractivity contribution in [1.82, 2.24) is 19.5 Å². The Hall–Kier alpha value is -2.15. The molecule has 3 aromatic rings. The highest BCUT2D eigenvalue weighted by Crippen LogP contribution is 2.28. The second-order valence-electron chi connectivity index (χ2n) is 4.23. The molecule has 6 nitrogen and oxygen atoms in total. The Morgan fingerprint density at radius 1 is 1.42 bits per heavy atom. The van der Waals surface area contributed by atoms with Gasteiger partial charge < -0.3 is 15.6 Å². The monoisotopic (exact) mass is 274 g/mol. The average molecular weight is 274 g/mol. The van der Waals surface area contributed by atoms with Gasteiger partial charge in [0.25, 0.3) is 0 Å². The standard InChI is InChI=1S/C12H14N6S/c1-8-6-9-10(16-12(13)17-11(9)19-8)15-3-5-18-4-2-14-7-18/h2,4,6-7H,3,5H2,1H3,(H3,13,15,16,17). The first-order valence-electron chi connectivity index (χ1n) is 5.95. The summed E-state index contributed by atoms with van der Waals surface area (Å²) < 4.78 is 2.01. The van der Waals surface area contributed by atoms with Gasteiger partial charge in [0.2, 0.25) is 5.95 Å².